The Bertz CT molecular complexity index is 628. The van der Waals surface area contributed by atoms with E-state index in [0.29, 0.717) is 12.5 Å². The first-order valence-electron chi connectivity index (χ1n) is 10.7. The van der Waals surface area contributed by atoms with E-state index in [-0.39, 0.29) is 35.5 Å². The second-order valence-electron chi connectivity index (χ2n) is 9.14. The molecule has 2 unspecified atom stereocenters. The Labute approximate surface area is 195 Å². The molecule has 1 aliphatic rings. The van der Waals surface area contributed by atoms with Gasteiger partial charge in [0, 0.05) is 32.2 Å². The number of benzene rings is 1. The van der Waals surface area contributed by atoms with Crippen LogP contribution in [-0.2, 0) is 17.8 Å². The Balaban J connectivity index is 0.00000420. The number of nitrogens with zero attached hydrogens (tertiary/aromatic N) is 2. The summed E-state index contributed by atoms with van der Waals surface area (Å²) in [5.41, 5.74) is 2.77. The van der Waals surface area contributed by atoms with Gasteiger partial charge >= 0.3 is 0 Å². The number of nitrogens with one attached hydrogen (secondary N) is 2. The molecular formula is C23H41IN4O. The van der Waals surface area contributed by atoms with Crippen LogP contribution in [0.3, 0.4) is 0 Å². The van der Waals surface area contributed by atoms with Crippen molar-refractivity contribution < 1.29 is 4.74 Å². The van der Waals surface area contributed by atoms with E-state index in [9.17, 15) is 0 Å². The minimum atomic E-state index is 0. The van der Waals surface area contributed by atoms with Crippen molar-refractivity contribution in [2.45, 2.75) is 59.7 Å². The first-order chi connectivity index (χ1) is 13.3. The van der Waals surface area contributed by atoms with Gasteiger partial charge in [-0.2, -0.15) is 0 Å². The first kappa shape index (κ1) is 26.2. The highest BCUT2D eigenvalue weighted by Gasteiger charge is 2.35. The average Bonchev–Trinajstić information content (AvgIpc) is 2.64. The van der Waals surface area contributed by atoms with Gasteiger partial charge in [0.15, 0.2) is 5.96 Å². The summed E-state index contributed by atoms with van der Waals surface area (Å²) in [7, 11) is 4.20. The summed E-state index contributed by atoms with van der Waals surface area (Å²) < 4.78 is 6.12. The predicted octanol–water partition coefficient (Wildman–Crippen LogP) is 4.26. The van der Waals surface area contributed by atoms with E-state index in [4.69, 9.17) is 9.73 Å². The van der Waals surface area contributed by atoms with Gasteiger partial charge in [0.2, 0.25) is 0 Å². The summed E-state index contributed by atoms with van der Waals surface area (Å²) in [5.74, 6) is 1.40. The fourth-order valence-corrected chi connectivity index (χ4v) is 3.95. The van der Waals surface area contributed by atoms with Crippen molar-refractivity contribution in [2.24, 2.45) is 16.3 Å². The highest BCUT2D eigenvalue weighted by Crippen LogP contribution is 2.33. The van der Waals surface area contributed by atoms with E-state index in [2.05, 4.69) is 81.6 Å². The average molecular weight is 517 g/mol. The maximum atomic E-state index is 6.12. The molecule has 29 heavy (non-hydrogen) atoms. The van der Waals surface area contributed by atoms with Crippen molar-refractivity contribution in [3.05, 3.63) is 35.4 Å². The van der Waals surface area contributed by atoms with Gasteiger partial charge in [-0.05, 0) is 50.4 Å². The van der Waals surface area contributed by atoms with E-state index in [1.807, 2.05) is 0 Å². The third kappa shape index (κ3) is 8.80. The molecule has 1 heterocycles. The molecule has 1 aliphatic heterocycles. The Hall–Kier alpha value is -0.860. The summed E-state index contributed by atoms with van der Waals surface area (Å²) in [5, 5.41) is 6.97. The monoisotopic (exact) mass is 516 g/mol. The van der Waals surface area contributed by atoms with Crippen LogP contribution in [0.15, 0.2) is 29.3 Å². The standard InChI is InChI=1S/C23H40N4O.HI/c1-7-24-22(25-15-18-11-8-9-12-20(18)17-27(5)6)26-16-19-13-10-14-28-21(19)23(2,3)4;/h8-9,11-12,19,21H,7,10,13-17H2,1-6H3,(H2,24,25,26);1H. The molecule has 0 spiro atoms. The van der Waals surface area contributed by atoms with Crippen molar-refractivity contribution in [1.82, 2.24) is 15.5 Å². The maximum absolute atomic E-state index is 6.12. The van der Waals surface area contributed by atoms with Crippen LogP contribution in [0.4, 0.5) is 0 Å². The molecule has 1 saturated heterocycles. The van der Waals surface area contributed by atoms with Crippen LogP contribution in [0.5, 0.6) is 0 Å². The Kier molecular flexibility index (Phi) is 11.5. The molecule has 1 aromatic rings. The van der Waals surface area contributed by atoms with Crippen LogP contribution in [-0.4, -0.2) is 50.8 Å². The Morgan fingerprint density at radius 1 is 1.17 bits per heavy atom. The number of halogens is 1. The predicted molar refractivity (Wildman–Crippen MR) is 134 cm³/mol. The molecule has 2 atom stereocenters. The van der Waals surface area contributed by atoms with Gasteiger partial charge in [-0.15, -0.1) is 24.0 Å². The Morgan fingerprint density at radius 2 is 1.86 bits per heavy atom. The van der Waals surface area contributed by atoms with Gasteiger partial charge in [0.25, 0.3) is 0 Å². The summed E-state index contributed by atoms with van der Waals surface area (Å²) >= 11 is 0. The maximum Gasteiger partial charge on any atom is 0.191 e. The SMILES string of the molecule is CCNC(=NCc1ccccc1CN(C)C)NCC1CCCOC1C(C)(C)C.I. The molecule has 0 saturated carbocycles. The van der Waals surface area contributed by atoms with Crippen molar-refractivity contribution >= 4 is 29.9 Å². The van der Waals surface area contributed by atoms with Gasteiger partial charge in [0.05, 0.1) is 12.6 Å². The quantitative estimate of drug-likeness (QED) is 0.323. The topological polar surface area (TPSA) is 48.9 Å². The molecule has 5 nitrogen and oxygen atoms in total. The molecule has 0 bridgehead atoms. The molecule has 1 aromatic carbocycles. The zero-order valence-electron chi connectivity index (χ0n) is 19.1. The first-order valence-corrected chi connectivity index (χ1v) is 10.7. The summed E-state index contributed by atoms with van der Waals surface area (Å²) in [6, 6.07) is 8.57. The van der Waals surface area contributed by atoms with Gasteiger partial charge in [0.1, 0.15) is 0 Å². The number of rotatable bonds is 7. The molecule has 6 heteroatoms. The van der Waals surface area contributed by atoms with Crippen molar-refractivity contribution in [2.75, 3.05) is 33.8 Å². The van der Waals surface area contributed by atoms with Crippen LogP contribution < -0.4 is 10.6 Å². The number of aliphatic imine (C=N–C) groups is 1. The number of guanidine groups is 1. The lowest BCUT2D eigenvalue weighted by Crippen LogP contribution is -2.47. The normalized spacial score (nSPS) is 20.3. The van der Waals surface area contributed by atoms with E-state index < -0.39 is 0 Å². The molecule has 0 radical (unpaired) electrons. The minimum absolute atomic E-state index is 0. The van der Waals surface area contributed by atoms with Crippen LogP contribution >= 0.6 is 24.0 Å². The minimum Gasteiger partial charge on any atom is -0.377 e. The van der Waals surface area contributed by atoms with Crippen LogP contribution in [0.1, 0.15) is 51.7 Å². The van der Waals surface area contributed by atoms with Crippen molar-refractivity contribution in [3.63, 3.8) is 0 Å². The van der Waals surface area contributed by atoms with Gasteiger partial charge in [-0.3, -0.25) is 0 Å². The third-order valence-electron chi connectivity index (χ3n) is 5.19. The van der Waals surface area contributed by atoms with Crippen LogP contribution in [0, 0.1) is 11.3 Å². The van der Waals surface area contributed by atoms with Crippen LogP contribution in [0.25, 0.3) is 0 Å². The molecule has 2 N–H and O–H groups in total. The molecule has 0 amide bonds. The number of ether oxygens (including phenoxy) is 1. The third-order valence-corrected chi connectivity index (χ3v) is 5.19. The molecule has 0 aliphatic carbocycles. The highest BCUT2D eigenvalue weighted by atomic mass is 127. The lowest BCUT2D eigenvalue weighted by molar-refractivity contribution is -0.0835. The molecule has 0 aromatic heterocycles. The zero-order chi connectivity index (χ0) is 20.6. The summed E-state index contributed by atoms with van der Waals surface area (Å²) in [6.07, 6.45) is 2.64. The van der Waals surface area contributed by atoms with Crippen molar-refractivity contribution in [3.8, 4) is 0 Å². The number of hydrogen-bond acceptors (Lipinski definition) is 3. The highest BCUT2D eigenvalue weighted by molar-refractivity contribution is 14.0. The summed E-state index contributed by atoms with van der Waals surface area (Å²) in [4.78, 5) is 7.05. The lowest BCUT2D eigenvalue weighted by Gasteiger charge is -2.40. The van der Waals surface area contributed by atoms with E-state index in [0.717, 1.165) is 38.6 Å². The zero-order valence-corrected chi connectivity index (χ0v) is 21.5. The summed E-state index contributed by atoms with van der Waals surface area (Å²) in [6.45, 7) is 13.2. The molecule has 2 rings (SSSR count). The molecule has 166 valence electrons. The smallest absolute Gasteiger partial charge is 0.191 e. The van der Waals surface area contributed by atoms with Gasteiger partial charge in [-0.25, -0.2) is 4.99 Å². The van der Waals surface area contributed by atoms with Gasteiger partial charge < -0.3 is 20.3 Å². The number of hydrogen-bond donors (Lipinski definition) is 2. The Morgan fingerprint density at radius 3 is 2.48 bits per heavy atom. The molecule has 1 fully saturated rings. The largest absolute Gasteiger partial charge is 0.377 e. The second-order valence-corrected chi connectivity index (χ2v) is 9.14. The molecular weight excluding hydrogens is 475 g/mol. The van der Waals surface area contributed by atoms with Crippen LogP contribution in [0.2, 0.25) is 0 Å². The lowest BCUT2D eigenvalue weighted by atomic mass is 9.78. The van der Waals surface area contributed by atoms with Crippen molar-refractivity contribution in [1.29, 1.82) is 0 Å². The van der Waals surface area contributed by atoms with E-state index in [1.165, 1.54) is 17.5 Å². The van der Waals surface area contributed by atoms with E-state index >= 15 is 0 Å². The van der Waals surface area contributed by atoms with E-state index in [1.54, 1.807) is 0 Å². The fourth-order valence-electron chi connectivity index (χ4n) is 3.95. The second kappa shape index (κ2) is 12.7. The fraction of sp³-hybridized carbons (Fsp3) is 0.696. The van der Waals surface area contributed by atoms with Gasteiger partial charge in [-0.1, -0.05) is 45.0 Å².